The van der Waals surface area contributed by atoms with Crippen molar-refractivity contribution < 1.29 is 37.6 Å². The molecule has 209 valence electrons. The van der Waals surface area contributed by atoms with Gasteiger partial charge in [-0.1, -0.05) is 92.4 Å². The molecule has 1 aliphatic heterocycles. The van der Waals surface area contributed by atoms with Gasteiger partial charge in [0.05, 0.1) is 0 Å². The largest absolute Gasteiger partial charge is 2.00 e. The third kappa shape index (κ3) is 9.38. The maximum Gasteiger partial charge on any atom is 2.00 e. The van der Waals surface area contributed by atoms with E-state index in [2.05, 4.69) is 90.4 Å². The van der Waals surface area contributed by atoms with Crippen molar-refractivity contribution in [2.24, 2.45) is 20.6 Å². The van der Waals surface area contributed by atoms with Crippen LogP contribution in [0.4, 0.5) is 0 Å². The predicted octanol–water partition coefficient (Wildman–Crippen LogP) is 7.29. The van der Waals surface area contributed by atoms with Crippen LogP contribution in [0.5, 0.6) is 0 Å². The molecule has 9 nitrogen and oxygen atoms in total. The van der Waals surface area contributed by atoms with Crippen molar-refractivity contribution in [3.05, 3.63) is 94.2 Å². The zero-order valence-electron chi connectivity index (χ0n) is 22.0. The molecule has 4 N–H and O–H groups in total. The SMILES string of the molecule is Br[C-]1C2c3ccccc3-c3ccccc3C12.C1=CC[N-]C=C1.CC(=N\O)/C(C)=N/O.CC(=N\O)/C(C)=N/O.[Co+2]. The molecule has 1 heterocycles. The first-order valence-corrected chi connectivity index (χ1v) is 12.6. The van der Waals surface area contributed by atoms with Crippen LogP contribution in [0, 0.1) is 4.83 Å². The predicted molar refractivity (Wildman–Crippen MR) is 156 cm³/mol. The van der Waals surface area contributed by atoms with Crippen LogP contribution in [-0.4, -0.2) is 50.2 Å². The van der Waals surface area contributed by atoms with Gasteiger partial charge in [0, 0.05) is 0 Å². The molecule has 2 aliphatic carbocycles. The number of oxime groups is 4. The Bertz CT molecular complexity index is 1130. The molecule has 2 aromatic rings. The van der Waals surface area contributed by atoms with Gasteiger partial charge in [0.2, 0.25) is 0 Å². The zero-order chi connectivity index (χ0) is 28.1. The van der Waals surface area contributed by atoms with Gasteiger partial charge in [0.25, 0.3) is 0 Å². The molecule has 2 unspecified atom stereocenters. The second kappa shape index (κ2) is 17.2. The Balaban J connectivity index is 0.000000285. The Morgan fingerprint density at radius 2 is 1.10 bits per heavy atom. The molecule has 0 bridgehead atoms. The molecule has 3 aliphatic rings. The fraction of sp³-hybridized carbons (Fsp3) is 0.250. The van der Waals surface area contributed by atoms with Crippen molar-refractivity contribution >= 4 is 38.8 Å². The molecule has 0 spiro atoms. The van der Waals surface area contributed by atoms with Gasteiger partial charge >= 0.3 is 16.8 Å². The molecule has 1 fully saturated rings. The fourth-order valence-electron chi connectivity index (χ4n) is 3.58. The number of halogens is 1. The van der Waals surface area contributed by atoms with Crippen molar-refractivity contribution in [2.75, 3.05) is 6.54 Å². The molecule has 2 atom stereocenters. The van der Waals surface area contributed by atoms with Gasteiger partial charge < -0.3 is 42.1 Å². The first-order chi connectivity index (χ1) is 18.3. The summed E-state index contributed by atoms with van der Waals surface area (Å²) in [6.45, 7) is 7.00. The zero-order valence-corrected chi connectivity index (χ0v) is 24.7. The van der Waals surface area contributed by atoms with E-state index in [-0.39, 0.29) is 16.8 Å². The van der Waals surface area contributed by atoms with Gasteiger partial charge in [-0.05, 0) is 38.8 Å². The summed E-state index contributed by atoms with van der Waals surface area (Å²) >= 11 is 3.73. The van der Waals surface area contributed by atoms with Gasteiger partial charge in [-0.25, -0.2) is 4.83 Å². The van der Waals surface area contributed by atoms with E-state index in [1.807, 2.05) is 18.2 Å². The molecule has 5 rings (SSSR count). The molecule has 0 aromatic heterocycles. The number of rotatable bonds is 2. The number of allylic oxidation sites excluding steroid dienone is 2. The average Bonchev–Trinajstić information content (AvgIpc) is 3.68. The molecular weight excluding hydrogens is 609 g/mol. The quantitative estimate of drug-likeness (QED) is 0.118. The number of benzene rings is 2. The number of hydrogen-bond acceptors (Lipinski definition) is 8. The minimum Gasteiger partial charge on any atom is -0.687 e. The Morgan fingerprint density at radius 3 is 1.36 bits per heavy atom. The van der Waals surface area contributed by atoms with Crippen molar-refractivity contribution in [3.63, 3.8) is 0 Å². The van der Waals surface area contributed by atoms with E-state index in [0.717, 1.165) is 6.54 Å². The van der Waals surface area contributed by atoms with Gasteiger partial charge in [0.1, 0.15) is 22.8 Å². The molecule has 2 aromatic carbocycles. The second-order valence-electron chi connectivity index (χ2n) is 8.39. The number of fused-ring (bicyclic) bond motifs is 6. The van der Waals surface area contributed by atoms with Crippen LogP contribution >= 0.6 is 15.9 Å². The van der Waals surface area contributed by atoms with Crippen LogP contribution in [-0.2, 0) is 16.8 Å². The maximum atomic E-state index is 8.03. The Kier molecular flexibility index (Phi) is 14.9. The first kappa shape index (κ1) is 33.6. The minimum absolute atomic E-state index is 0. The van der Waals surface area contributed by atoms with Crippen LogP contribution in [0.3, 0.4) is 0 Å². The molecule has 1 saturated carbocycles. The summed E-state index contributed by atoms with van der Waals surface area (Å²) < 4.78 is 0. The summed E-state index contributed by atoms with van der Waals surface area (Å²) in [5, 5.41) is 47.2. The molecule has 1 radical (unpaired) electrons. The van der Waals surface area contributed by atoms with Crippen LogP contribution < -0.4 is 0 Å². The van der Waals surface area contributed by atoms with Crippen molar-refractivity contribution in [2.45, 2.75) is 39.5 Å². The smallest absolute Gasteiger partial charge is 0.687 e. The second-order valence-corrected chi connectivity index (χ2v) is 9.31. The van der Waals surface area contributed by atoms with E-state index < -0.39 is 0 Å². The summed E-state index contributed by atoms with van der Waals surface area (Å²) in [6, 6.07) is 17.5. The van der Waals surface area contributed by atoms with Gasteiger partial charge in [-0.3, -0.25) is 0 Å². The van der Waals surface area contributed by atoms with E-state index in [1.165, 1.54) is 54.8 Å². The third-order valence-electron chi connectivity index (χ3n) is 6.00. The van der Waals surface area contributed by atoms with Crippen LogP contribution in [0.25, 0.3) is 16.4 Å². The monoisotopic (exact) mass is 640 g/mol. The van der Waals surface area contributed by atoms with Crippen LogP contribution in [0.1, 0.15) is 50.7 Å². The number of hydrogen-bond donors (Lipinski definition) is 4. The Hall–Kier alpha value is -3.41. The molecule has 39 heavy (non-hydrogen) atoms. The normalized spacial score (nSPS) is 19.0. The fourth-order valence-corrected chi connectivity index (χ4v) is 4.47. The van der Waals surface area contributed by atoms with E-state index >= 15 is 0 Å². The van der Waals surface area contributed by atoms with Gasteiger partial charge in [-0.2, -0.15) is 6.20 Å². The van der Waals surface area contributed by atoms with Gasteiger partial charge in [-0.15, -0.1) is 24.5 Å². The standard InChI is InChI=1S/C15H10Br.C5H6N.2C4H8N2O2.Co/c16-15-13-11-7-3-1-5-9(11)10-6-2-4-8-12(10)14(13)15;1-2-4-6-5-3-1;2*1-3(5-7)4(2)6-8;/h1-8,13-14H;1-4H,5H2;2*7-8H,1-2H3;/q2*-1;;;+2/b;;2*5-3+,6-4+;. The van der Waals surface area contributed by atoms with Crippen LogP contribution in [0.2, 0.25) is 0 Å². The summed E-state index contributed by atoms with van der Waals surface area (Å²) in [5.74, 6) is 1.23. The molecular formula is C28H32BrCoN5O4. The summed E-state index contributed by atoms with van der Waals surface area (Å²) in [4.78, 5) is 1.45. The Labute approximate surface area is 247 Å². The minimum atomic E-state index is 0. The third-order valence-corrected chi connectivity index (χ3v) is 6.98. The van der Waals surface area contributed by atoms with Crippen LogP contribution in [0.15, 0.2) is 93.6 Å². The Morgan fingerprint density at radius 1 is 0.718 bits per heavy atom. The van der Waals surface area contributed by atoms with Gasteiger partial charge in [0.15, 0.2) is 0 Å². The first-order valence-electron chi connectivity index (χ1n) is 11.8. The van der Waals surface area contributed by atoms with Crippen molar-refractivity contribution in [1.82, 2.24) is 0 Å². The maximum absolute atomic E-state index is 8.03. The molecule has 0 amide bonds. The van der Waals surface area contributed by atoms with Crippen molar-refractivity contribution in [3.8, 4) is 11.1 Å². The average molecular weight is 641 g/mol. The van der Waals surface area contributed by atoms with E-state index in [0.29, 0.717) is 34.7 Å². The summed E-state index contributed by atoms with van der Waals surface area (Å²) in [5.41, 5.74) is 7.04. The summed E-state index contributed by atoms with van der Waals surface area (Å²) in [7, 11) is 0. The van der Waals surface area contributed by atoms with E-state index in [1.54, 1.807) is 6.20 Å². The molecule has 11 heteroatoms. The molecule has 0 saturated heterocycles. The topological polar surface area (TPSA) is 144 Å². The van der Waals surface area contributed by atoms with Crippen molar-refractivity contribution in [1.29, 1.82) is 0 Å². The van der Waals surface area contributed by atoms with E-state index in [9.17, 15) is 0 Å². The summed E-state index contributed by atoms with van der Waals surface area (Å²) in [6.07, 6.45) is 7.73. The number of nitrogens with zero attached hydrogens (tertiary/aromatic N) is 5. The van der Waals surface area contributed by atoms with E-state index in [4.69, 9.17) is 20.8 Å².